The molecule has 1 unspecified atom stereocenters. The lowest BCUT2D eigenvalue weighted by atomic mass is 9.90. The molecule has 2 saturated heterocycles. The predicted octanol–water partition coefficient (Wildman–Crippen LogP) is 1.76. The van der Waals surface area contributed by atoms with Crippen molar-refractivity contribution < 1.29 is 14.3 Å². The van der Waals surface area contributed by atoms with E-state index in [9.17, 15) is 9.59 Å². The van der Waals surface area contributed by atoms with E-state index in [4.69, 9.17) is 4.74 Å². The largest absolute Gasteiger partial charge is 0.481 e. The average Bonchev–Trinajstić information content (AvgIpc) is 2.52. The van der Waals surface area contributed by atoms with Gasteiger partial charge in [-0.15, -0.1) is 12.4 Å². The molecule has 2 aliphatic heterocycles. The molecule has 2 aliphatic rings. The van der Waals surface area contributed by atoms with Crippen LogP contribution in [0.2, 0.25) is 0 Å². The number of piperidine rings is 2. The Hall–Kier alpha value is -1.59. The molecule has 0 bridgehead atoms. The van der Waals surface area contributed by atoms with Crippen LogP contribution in [0.3, 0.4) is 0 Å². The first-order chi connectivity index (χ1) is 10.2. The maximum absolute atomic E-state index is 11.7. The number of ether oxygens (including phenoxy) is 1. The van der Waals surface area contributed by atoms with Crippen LogP contribution in [0.1, 0.15) is 37.2 Å². The Morgan fingerprint density at radius 3 is 2.32 bits per heavy atom. The zero-order valence-electron chi connectivity index (χ0n) is 12.3. The molecular weight excluding hydrogens is 304 g/mol. The first-order valence-corrected chi connectivity index (χ1v) is 7.53. The number of benzene rings is 1. The van der Waals surface area contributed by atoms with Gasteiger partial charge in [0.15, 0.2) is 6.10 Å². The molecule has 6 heteroatoms. The Labute approximate surface area is 136 Å². The summed E-state index contributed by atoms with van der Waals surface area (Å²) < 4.78 is 5.68. The number of carbonyl (C=O) groups is 2. The molecule has 1 aromatic rings. The molecule has 2 fully saturated rings. The highest BCUT2D eigenvalue weighted by atomic mass is 35.5. The van der Waals surface area contributed by atoms with Gasteiger partial charge in [0.25, 0.3) is 5.91 Å². The van der Waals surface area contributed by atoms with Gasteiger partial charge in [-0.25, -0.2) is 0 Å². The Bertz CT molecular complexity index is 527. The third-order valence-electron chi connectivity index (χ3n) is 4.16. The standard InChI is InChI=1S/C16H20N2O3.ClH/c19-15-6-5-14(16(20)18-15)21-13-3-1-11(2-4-13)12-7-9-17-10-8-12;/h1-4,12,14,17H,5-10H2,(H,18,19,20);1H. The van der Waals surface area contributed by atoms with Crippen molar-refractivity contribution in [3.8, 4) is 5.75 Å². The number of amides is 2. The van der Waals surface area contributed by atoms with E-state index >= 15 is 0 Å². The number of carbonyl (C=O) groups excluding carboxylic acids is 2. The molecule has 0 aromatic heterocycles. The fraction of sp³-hybridized carbons (Fsp3) is 0.500. The zero-order valence-corrected chi connectivity index (χ0v) is 13.2. The van der Waals surface area contributed by atoms with Crippen LogP contribution in [-0.2, 0) is 9.59 Å². The van der Waals surface area contributed by atoms with E-state index in [0.29, 0.717) is 24.5 Å². The van der Waals surface area contributed by atoms with E-state index in [1.165, 1.54) is 5.56 Å². The summed E-state index contributed by atoms with van der Waals surface area (Å²) in [5.74, 6) is 0.730. The molecule has 0 saturated carbocycles. The highest BCUT2D eigenvalue weighted by Crippen LogP contribution is 2.27. The summed E-state index contributed by atoms with van der Waals surface area (Å²) in [4.78, 5) is 22.8. The number of hydrogen-bond acceptors (Lipinski definition) is 4. The van der Waals surface area contributed by atoms with Gasteiger partial charge in [-0.1, -0.05) is 12.1 Å². The second-order valence-corrected chi connectivity index (χ2v) is 5.65. The number of hydrogen-bond donors (Lipinski definition) is 2. The smallest absolute Gasteiger partial charge is 0.267 e. The summed E-state index contributed by atoms with van der Waals surface area (Å²) in [5, 5.41) is 5.66. The highest BCUT2D eigenvalue weighted by Gasteiger charge is 2.28. The van der Waals surface area contributed by atoms with Gasteiger partial charge in [0.05, 0.1) is 0 Å². The Morgan fingerprint density at radius 1 is 1.00 bits per heavy atom. The molecule has 0 radical (unpaired) electrons. The van der Waals surface area contributed by atoms with E-state index in [-0.39, 0.29) is 24.2 Å². The lowest BCUT2D eigenvalue weighted by Crippen LogP contribution is -2.46. The minimum atomic E-state index is -0.563. The molecule has 0 spiro atoms. The van der Waals surface area contributed by atoms with E-state index in [1.54, 1.807) is 0 Å². The summed E-state index contributed by atoms with van der Waals surface area (Å²) in [6.07, 6.45) is 2.54. The van der Waals surface area contributed by atoms with Gasteiger partial charge in [0.2, 0.25) is 5.91 Å². The summed E-state index contributed by atoms with van der Waals surface area (Å²) in [5.41, 5.74) is 1.33. The van der Waals surface area contributed by atoms with Crippen molar-refractivity contribution in [1.29, 1.82) is 0 Å². The van der Waals surface area contributed by atoms with Crippen LogP contribution in [-0.4, -0.2) is 31.0 Å². The van der Waals surface area contributed by atoms with Crippen LogP contribution in [0.4, 0.5) is 0 Å². The monoisotopic (exact) mass is 324 g/mol. The second kappa shape index (κ2) is 7.61. The van der Waals surface area contributed by atoms with Crippen molar-refractivity contribution in [1.82, 2.24) is 10.6 Å². The molecule has 0 aliphatic carbocycles. The fourth-order valence-electron chi connectivity index (χ4n) is 2.92. The predicted molar refractivity (Wildman–Crippen MR) is 85.3 cm³/mol. The van der Waals surface area contributed by atoms with Crippen LogP contribution >= 0.6 is 12.4 Å². The van der Waals surface area contributed by atoms with Crippen molar-refractivity contribution >= 4 is 24.2 Å². The van der Waals surface area contributed by atoms with E-state index in [2.05, 4.69) is 22.8 Å². The molecule has 2 amide bonds. The first kappa shape index (κ1) is 16.8. The van der Waals surface area contributed by atoms with Gasteiger partial charge in [0.1, 0.15) is 5.75 Å². The molecule has 1 atom stereocenters. The highest BCUT2D eigenvalue weighted by molar-refractivity contribution is 5.99. The fourth-order valence-corrected chi connectivity index (χ4v) is 2.92. The zero-order chi connectivity index (χ0) is 14.7. The van der Waals surface area contributed by atoms with Crippen molar-refractivity contribution in [2.45, 2.75) is 37.7 Å². The summed E-state index contributed by atoms with van der Waals surface area (Å²) >= 11 is 0. The minimum absolute atomic E-state index is 0. The third-order valence-corrected chi connectivity index (χ3v) is 4.16. The third kappa shape index (κ3) is 3.99. The molecule has 2 heterocycles. The van der Waals surface area contributed by atoms with Crippen molar-refractivity contribution in [3.63, 3.8) is 0 Å². The van der Waals surface area contributed by atoms with Crippen LogP contribution in [0.25, 0.3) is 0 Å². The molecular formula is C16H21ClN2O3. The number of halogens is 1. The quantitative estimate of drug-likeness (QED) is 0.831. The van der Waals surface area contributed by atoms with Gasteiger partial charge in [-0.3, -0.25) is 14.9 Å². The van der Waals surface area contributed by atoms with Crippen LogP contribution < -0.4 is 15.4 Å². The van der Waals surface area contributed by atoms with Crippen molar-refractivity contribution in [2.24, 2.45) is 0 Å². The van der Waals surface area contributed by atoms with E-state index in [1.807, 2.05) is 12.1 Å². The first-order valence-electron chi connectivity index (χ1n) is 7.53. The Balaban J connectivity index is 0.00000176. The molecule has 3 rings (SSSR count). The maximum Gasteiger partial charge on any atom is 0.267 e. The van der Waals surface area contributed by atoms with Gasteiger partial charge >= 0.3 is 0 Å². The number of nitrogens with one attached hydrogen (secondary N) is 2. The second-order valence-electron chi connectivity index (χ2n) is 5.65. The van der Waals surface area contributed by atoms with Crippen molar-refractivity contribution in [3.05, 3.63) is 29.8 Å². The lowest BCUT2D eigenvalue weighted by molar-refractivity contribution is -0.138. The normalized spacial score (nSPS) is 22.6. The summed E-state index contributed by atoms with van der Waals surface area (Å²) in [6, 6.07) is 8.00. The molecule has 1 aromatic carbocycles. The van der Waals surface area contributed by atoms with Crippen LogP contribution in [0, 0.1) is 0 Å². The SMILES string of the molecule is Cl.O=C1CCC(Oc2ccc(C3CCNCC3)cc2)C(=O)N1. The number of imide groups is 1. The topological polar surface area (TPSA) is 67.4 Å². The molecule has 120 valence electrons. The average molecular weight is 325 g/mol. The Kier molecular flexibility index (Phi) is 5.80. The van der Waals surface area contributed by atoms with Gasteiger partial charge in [0, 0.05) is 12.8 Å². The van der Waals surface area contributed by atoms with Gasteiger partial charge in [-0.2, -0.15) is 0 Å². The number of rotatable bonds is 3. The van der Waals surface area contributed by atoms with Gasteiger partial charge in [-0.05, 0) is 49.5 Å². The van der Waals surface area contributed by atoms with Crippen molar-refractivity contribution in [2.75, 3.05) is 13.1 Å². The van der Waals surface area contributed by atoms with Gasteiger partial charge < -0.3 is 10.1 Å². The minimum Gasteiger partial charge on any atom is -0.481 e. The van der Waals surface area contributed by atoms with E-state index < -0.39 is 6.10 Å². The summed E-state index contributed by atoms with van der Waals surface area (Å²) in [6.45, 7) is 2.14. The van der Waals surface area contributed by atoms with Crippen LogP contribution in [0.15, 0.2) is 24.3 Å². The van der Waals surface area contributed by atoms with Crippen LogP contribution in [0.5, 0.6) is 5.75 Å². The van der Waals surface area contributed by atoms with E-state index in [0.717, 1.165) is 25.9 Å². The lowest BCUT2D eigenvalue weighted by Gasteiger charge is -2.24. The summed E-state index contributed by atoms with van der Waals surface area (Å²) in [7, 11) is 0. The molecule has 22 heavy (non-hydrogen) atoms. The Morgan fingerprint density at radius 2 is 1.68 bits per heavy atom. The molecule has 5 nitrogen and oxygen atoms in total. The molecule has 2 N–H and O–H groups in total. The maximum atomic E-state index is 11.7.